The zero-order valence-corrected chi connectivity index (χ0v) is 17.6. The average molecular weight is 452 g/mol. The van der Waals surface area contributed by atoms with Gasteiger partial charge in [0.05, 0.1) is 10.7 Å². The second-order valence-corrected chi connectivity index (χ2v) is 7.75. The summed E-state index contributed by atoms with van der Waals surface area (Å²) in [6.07, 6.45) is 0. The molecule has 0 radical (unpaired) electrons. The molecular weight excluding hydrogens is 431 g/mol. The quantitative estimate of drug-likeness (QED) is 0.491. The molecule has 31 heavy (non-hydrogen) atoms. The predicted molar refractivity (Wildman–Crippen MR) is 114 cm³/mol. The second kappa shape index (κ2) is 9.98. The van der Waals surface area contributed by atoms with Crippen molar-refractivity contribution < 1.29 is 17.9 Å². The molecule has 0 saturated carbocycles. The van der Waals surface area contributed by atoms with Crippen LogP contribution in [-0.2, 0) is 6.54 Å². The fourth-order valence-electron chi connectivity index (χ4n) is 2.97. The Morgan fingerprint density at radius 2 is 1.90 bits per heavy atom. The van der Waals surface area contributed by atoms with Crippen LogP contribution in [0.1, 0.15) is 19.4 Å². The summed E-state index contributed by atoms with van der Waals surface area (Å²) in [5.74, 6) is -0.509. The molecule has 5 nitrogen and oxygen atoms in total. The van der Waals surface area contributed by atoms with Crippen LogP contribution in [0.25, 0.3) is 22.6 Å². The zero-order valence-electron chi connectivity index (χ0n) is 16.9. The molecule has 0 amide bonds. The van der Waals surface area contributed by atoms with Crippen LogP contribution in [0.15, 0.2) is 47.3 Å². The number of aromatic nitrogens is 2. The highest BCUT2D eigenvalue weighted by atomic mass is 35.5. The van der Waals surface area contributed by atoms with E-state index in [9.17, 15) is 18.0 Å². The van der Waals surface area contributed by atoms with Gasteiger partial charge in [0.1, 0.15) is 17.4 Å². The van der Waals surface area contributed by atoms with E-state index in [1.807, 2.05) is 6.07 Å². The summed E-state index contributed by atoms with van der Waals surface area (Å²) in [4.78, 5) is 19.2. The maximum Gasteiger partial charge on any atom is 0.387 e. The molecule has 0 bridgehead atoms. The van der Waals surface area contributed by atoms with Crippen molar-refractivity contribution in [2.75, 3.05) is 6.54 Å². The first-order valence-corrected chi connectivity index (χ1v) is 9.96. The van der Waals surface area contributed by atoms with Crippen molar-refractivity contribution in [3.05, 3.63) is 69.2 Å². The Morgan fingerprint density at radius 1 is 1.13 bits per heavy atom. The molecular formula is C22H21ClF3N3O2. The molecule has 2 aromatic carbocycles. The summed E-state index contributed by atoms with van der Waals surface area (Å²) in [7, 11) is 0. The minimum Gasteiger partial charge on any atom is -0.435 e. The van der Waals surface area contributed by atoms with Crippen LogP contribution in [0.5, 0.6) is 5.75 Å². The van der Waals surface area contributed by atoms with E-state index in [0.717, 1.165) is 24.2 Å². The lowest BCUT2D eigenvalue weighted by atomic mass is 10.1. The summed E-state index contributed by atoms with van der Waals surface area (Å²) >= 11 is 6.32. The van der Waals surface area contributed by atoms with E-state index < -0.39 is 18.0 Å². The van der Waals surface area contributed by atoms with E-state index in [1.54, 1.807) is 12.1 Å². The molecule has 3 aromatic rings. The first kappa shape index (κ1) is 22.8. The molecule has 0 aliphatic rings. The molecule has 0 saturated heterocycles. The van der Waals surface area contributed by atoms with Gasteiger partial charge in [0.25, 0.3) is 5.56 Å². The molecule has 0 aliphatic heterocycles. The van der Waals surface area contributed by atoms with Crippen molar-refractivity contribution in [2.45, 2.75) is 27.0 Å². The van der Waals surface area contributed by atoms with Crippen LogP contribution in [-0.4, -0.2) is 23.1 Å². The number of nitrogens with zero attached hydrogens (tertiary/aromatic N) is 1. The molecule has 164 valence electrons. The number of hydrogen-bond donors (Lipinski definition) is 2. The van der Waals surface area contributed by atoms with Crippen molar-refractivity contribution >= 4 is 11.6 Å². The molecule has 1 aromatic heterocycles. The van der Waals surface area contributed by atoms with Crippen molar-refractivity contribution in [3.63, 3.8) is 0 Å². The number of alkyl halides is 2. The van der Waals surface area contributed by atoms with Crippen LogP contribution < -0.4 is 15.6 Å². The number of H-pyrrole nitrogens is 1. The monoisotopic (exact) mass is 451 g/mol. The molecule has 9 heteroatoms. The first-order valence-electron chi connectivity index (χ1n) is 9.58. The van der Waals surface area contributed by atoms with E-state index in [-0.39, 0.29) is 22.8 Å². The number of nitrogens with one attached hydrogen (secondary N) is 2. The number of ether oxygens (including phenoxy) is 1. The third-order valence-corrected chi connectivity index (χ3v) is 4.68. The van der Waals surface area contributed by atoms with E-state index in [2.05, 4.69) is 33.9 Å². The van der Waals surface area contributed by atoms with E-state index in [4.69, 9.17) is 11.6 Å². The fourth-order valence-corrected chi connectivity index (χ4v) is 3.18. The number of benzene rings is 2. The Kier molecular flexibility index (Phi) is 7.35. The van der Waals surface area contributed by atoms with Crippen LogP contribution in [0.3, 0.4) is 0 Å². The van der Waals surface area contributed by atoms with Gasteiger partial charge in [0.15, 0.2) is 0 Å². The predicted octanol–water partition coefficient (Wildman–Crippen LogP) is 5.24. The zero-order chi connectivity index (χ0) is 22.5. The van der Waals surface area contributed by atoms with E-state index >= 15 is 0 Å². The average Bonchev–Trinajstić information content (AvgIpc) is 2.68. The molecule has 3 rings (SSSR count). The van der Waals surface area contributed by atoms with Crippen molar-refractivity contribution in [2.24, 2.45) is 5.92 Å². The maximum absolute atomic E-state index is 14.5. The van der Waals surface area contributed by atoms with Gasteiger partial charge in [-0.15, -0.1) is 0 Å². The fraction of sp³-hybridized carbons (Fsp3) is 0.273. The van der Waals surface area contributed by atoms with Crippen LogP contribution in [0.4, 0.5) is 13.2 Å². The van der Waals surface area contributed by atoms with Crippen molar-refractivity contribution in [3.8, 4) is 28.4 Å². The van der Waals surface area contributed by atoms with Gasteiger partial charge in [0.2, 0.25) is 0 Å². The van der Waals surface area contributed by atoms with Crippen LogP contribution in [0, 0.1) is 11.7 Å². The highest BCUT2D eigenvalue weighted by Gasteiger charge is 2.15. The molecule has 0 unspecified atom stereocenters. The lowest BCUT2D eigenvalue weighted by Gasteiger charge is -2.11. The second-order valence-electron chi connectivity index (χ2n) is 7.34. The molecule has 0 spiro atoms. The topological polar surface area (TPSA) is 67.0 Å². The van der Waals surface area contributed by atoms with Crippen LogP contribution in [0.2, 0.25) is 5.02 Å². The lowest BCUT2D eigenvalue weighted by Crippen LogP contribution is -2.19. The van der Waals surface area contributed by atoms with Gasteiger partial charge >= 0.3 is 6.61 Å². The van der Waals surface area contributed by atoms with E-state index in [0.29, 0.717) is 23.0 Å². The summed E-state index contributed by atoms with van der Waals surface area (Å²) in [6.45, 7) is 2.58. The highest BCUT2D eigenvalue weighted by molar-refractivity contribution is 6.33. The number of hydrogen-bond acceptors (Lipinski definition) is 4. The van der Waals surface area contributed by atoms with Gasteiger partial charge in [-0.3, -0.25) is 4.79 Å². The summed E-state index contributed by atoms with van der Waals surface area (Å²) in [5.41, 5.74) is 0.932. The third-order valence-electron chi connectivity index (χ3n) is 4.35. The number of halogens is 4. The van der Waals surface area contributed by atoms with Gasteiger partial charge in [-0.1, -0.05) is 31.5 Å². The molecule has 0 fully saturated rings. The minimum atomic E-state index is -3.07. The Morgan fingerprint density at radius 3 is 2.58 bits per heavy atom. The Hall–Kier alpha value is -2.84. The number of rotatable bonds is 8. The SMILES string of the molecule is CC(C)CNCc1ccc(Cl)c(-c2nc(-c3ccc(OC(F)F)cc3F)cc(=O)[nH]2)c1. The molecule has 0 aliphatic carbocycles. The molecule has 2 N–H and O–H groups in total. The van der Waals surface area contributed by atoms with Crippen molar-refractivity contribution in [1.82, 2.24) is 15.3 Å². The third kappa shape index (κ3) is 6.08. The van der Waals surface area contributed by atoms with Gasteiger partial charge in [-0.25, -0.2) is 9.37 Å². The molecule has 0 atom stereocenters. The first-order chi connectivity index (χ1) is 14.7. The van der Waals surface area contributed by atoms with Gasteiger partial charge < -0.3 is 15.0 Å². The van der Waals surface area contributed by atoms with Gasteiger partial charge in [0, 0.05) is 29.8 Å². The normalized spacial score (nSPS) is 11.4. The lowest BCUT2D eigenvalue weighted by molar-refractivity contribution is -0.0499. The highest BCUT2D eigenvalue weighted by Crippen LogP contribution is 2.29. The van der Waals surface area contributed by atoms with Gasteiger partial charge in [-0.2, -0.15) is 8.78 Å². The maximum atomic E-state index is 14.5. The molecule has 1 heterocycles. The smallest absolute Gasteiger partial charge is 0.387 e. The Bertz CT molecular complexity index is 1120. The summed E-state index contributed by atoms with van der Waals surface area (Å²) in [6, 6.07) is 9.71. The van der Waals surface area contributed by atoms with Crippen LogP contribution >= 0.6 is 11.6 Å². The standard InChI is InChI=1S/C22H21ClF3N3O2/c1-12(2)10-27-11-13-3-6-17(23)16(7-13)21-28-19(9-20(30)29-21)15-5-4-14(8-18(15)24)31-22(25)26/h3-9,12,22,27H,10-11H2,1-2H3,(H,28,29,30). The van der Waals surface area contributed by atoms with Crippen molar-refractivity contribution in [1.29, 1.82) is 0 Å². The van der Waals surface area contributed by atoms with E-state index in [1.165, 1.54) is 12.1 Å². The number of aromatic amines is 1. The summed E-state index contributed by atoms with van der Waals surface area (Å²) < 4.78 is 43.4. The Labute approximate surface area is 182 Å². The van der Waals surface area contributed by atoms with Gasteiger partial charge in [-0.05, 0) is 42.3 Å². The largest absolute Gasteiger partial charge is 0.435 e. The summed E-state index contributed by atoms with van der Waals surface area (Å²) in [5, 5.41) is 3.69. The minimum absolute atomic E-state index is 0.0279. The Balaban J connectivity index is 1.96.